The van der Waals surface area contributed by atoms with E-state index in [1.54, 1.807) is 41.4 Å². The predicted octanol–water partition coefficient (Wildman–Crippen LogP) is 5.39. The third kappa shape index (κ3) is 5.09. The minimum atomic E-state index is 0.986. The van der Waals surface area contributed by atoms with Gasteiger partial charge in [-0.15, -0.1) is 0 Å². The predicted molar refractivity (Wildman–Crippen MR) is 70.8 cm³/mol. The quantitative estimate of drug-likeness (QED) is 0.469. The van der Waals surface area contributed by atoms with Crippen LogP contribution in [0.4, 0.5) is 0 Å². The van der Waals surface area contributed by atoms with Gasteiger partial charge in [0.2, 0.25) is 0 Å². The standard InChI is InChI=1S/C4H4S3.C3H2S3/c1-3-2-4(5)7-6-3;4-3-1-2-5-6-3/h2H,1H3;1-2H. The third-order valence-corrected chi connectivity index (χ3v) is 6.48. The lowest BCUT2D eigenvalue weighted by Gasteiger charge is -1.64. The Labute approximate surface area is 102 Å². The summed E-state index contributed by atoms with van der Waals surface area (Å²) in [6.45, 7) is 2.07. The van der Waals surface area contributed by atoms with Gasteiger partial charge in [-0.05, 0) is 19.1 Å². The first-order chi connectivity index (χ1) is 6.18. The monoisotopic (exact) mass is 282 g/mol. The van der Waals surface area contributed by atoms with Crippen LogP contribution in [0.1, 0.15) is 4.88 Å². The van der Waals surface area contributed by atoms with Crippen molar-refractivity contribution in [2.75, 3.05) is 0 Å². The van der Waals surface area contributed by atoms with Crippen molar-refractivity contribution in [3.63, 3.8) is 0 Å². The summed E-state index contributed by atoms with van der Waals surface area (Å²) in [6, 6.07) is 3.95. The molecule has 0 unspecified atom stereocenters. The molecule has 2 aromatic rings. The Kier molecular flexibility index (Phi) is 5.45. The van der Waals surface area contributed by atoms with Gasteiger partial charge >= 0.3 is 0 Å². The lowest BCUT2D eigenvalue weighted by atomic mass is 10.6. The second-order valence-electron chi connectivity index (χ2n) is 2.04. The molecule has 0 aromatic carbocycles. The van der Waals surface area contributed by atoms with Gasteiger partial charge in [-0.2, -0.15) is 0 Å². The van der Waals surface area contributed by atoms with E-state index in [9.17, 15) is 0 Å². The van der Waals surface area contributed by atoms with Crippen molar-refractivity contribution < 1.29 is 0 Å². The van der Waals surface area contributed by atoms with Crippen LogP contribution in [0.25, 0.3) is 0 Å². The van der Waals surface area contributed by atoms with E-state index in [-0.39, 0.29) is 0 Å². The van der Waals surface area contributed by atoms with Gasteiger partial charge in [0, 0.05) is 10.3 Å². The average molecular weight is 283 g/mol. The third-order valence-electron chi connectivity index (χ3n) is 0.966. The molecule has 0 amide bonds. The maximum atomic E-state index is 4.86. The van der Waals surface area contributed by atoms with E-state index in [1.807, 2.05) is 17.5 Å². The Morgan fingerprint density at radius 1 is 1.08 bits per heavy atom. The fraction of sp³-hybridized carbons (Fsp3) is 0.143. The highest BCUT2D eigenvalue weighted by Crippen LogP contribution is 2.15. The van der Waals surface area contributed by atoms with Crippen LogP contribution in [0.5, 0.6) is 0 Å². The number of rotatable bonds is 0. The van der Waals surface area contributed by atoms with Crippen molar-refractivity contribution >= 4 is 65.8 Å². The molecule has 2 heterocycles. The summed E-state index contributed by atoms with van der Waals surface area (Å²) in [5, 5.41) is 1.99. The Bertz CT molecular complexity index is 425. The van der Waals surface area contributed by atoms with Crippen molar-refractivity contribution in [2.45, 2.75) is 6.92 Å². The van der Waals surface area contributed by atoms with E-state index in [0.717, 1.165) is 7.65 Å². The van der Waals surface area contributed by atoms with Crippen LogP contribution in [0, 0.1) is 14.6 Å². The van der Waals surface area contributed by atoms with Crippen LogP contribution in [-0.2, 0) is 0 Å². The van der Waals surface area contributed by atoms with Gasteiger partial charge in [0.15, 0.2) is 0 Å². The first-order valence-corrected chi connectivity index (χ1v) is 8.47. The van der Waals surface area contributed by atoms with Crippen LogP contribution in [0.2, 0.25) is 0 Å². The summed E-state index contributed by atoms with van der Waals surface area (Å²) in [4.78, 5) is 1.31. The summed E-state index contributed by atoms with van der Waals surface area (Å²) >= 11 is 9.64. The van der Waals surface area contributed by atoms with Gasteiger partial charge in [-0.1, -0.05) is 65.8 Å². The summed E-state index contributed by atoms with van der Waals surface area (Å²) < 4.78 is 1.99. The topological polar surface area (TPSA) is 0 Å². The molecule has 0 aliphatic carbocycles. The van der Waals surface area contributed by atoms with E-state index in [0.29, 0.717) is 0 Å². The highest BCUT2D eigenvalue weighted by atomic mass is 32.9. The van der Waals surface area contributed by atoms with Gasteiger partial charge in [-0.3, -0.25) is 0 Å². The normalized spacial score (nSPS) is 9.00. The van der Waals surface area contributed by atoms with E-state index < -0.39 is 0 Å². The molecule has 70 valence electrons. The number of hydrogen-bond acceptors (Lipinski definition) is 6. The molecular weight excluding hydrogens is 276 g/mol. The van der Waals surface area contributed by atoms with Crippen LogP contribution < -0.4 is 0 Å². The zero-order valence-corrected chi connectivity index (χ0v) is 11.6. The van der Waals surface area contributed by atoms with Gasteiger partial charge in [0.1, 0.15) is 7.65 Å². The second kappa shape index (κ2) is 6.10. The molecule has 0 nitrogen and oxygen atoms in total. The Morgan fingerprint density at radius 3 is 2.00 bits per heavy atom. The first-order valence-electron chi connectivity index (χ1n) is 3.29. The van der Waals surface area contributed by atoms with Crippen molar-refractivity contribution in [1.29, 1.82) is 0 Å². The van der Waals surface area contributed by atoms with Crippen molar-refractivity contribution in [3.05, 3.63) is 30.0 Å². The summed E-state index contributed by atoms with van der Waals surface area (Å²) in [7, 11) is 6.71. The maximum absolute atomic E-state index is 4.86. The highest BCUT2D eigenvalue weighted by molar-refractivity contribution is 7.79. The van der Waals surface area contributed by atoms with Crippen molar-refractivity contribution in [1.82, 2.24) is 0 Å². The number of hydrogen-bond donors (Lipinski definition) is 0. The second-order valence-corrected chi connectivity index (χ2v) is 8.00. The van der Waals surface area contributed by atoms with E-state index >= 15 is 0 Å². The van der Waals surface area contributed by atoms with Gasteiger partial charge in [0.25, 0.3) is 0 Å². The van der Waals surface area contributed by atoms with Gasteiger partial charge in [-0.25, -0.2) is 0 Å². The van der Waals surface area contributed by atoms with Gasteiger partial charge in [0.05, 0.1) is 0 Å². The molecule has 2 aromatic heterocycles. The van der Waals surface area contributed by atoms with Crippen molar-refractivity contribution in [3.8, 4) is 0 Å². The maximum Gasteiger partial charge on any atom is 0.102 e. The zero-order valence-electron chi connectivity index (χ0n) is 6.68. The Morgan fingerprint density at radius 2 is 1.85 bits per heavy atom. The Hall–Kier alpha value is 0.540. The molecule has 0 N–H and O–H groups in total. The van der Waals surface area contributed by atoms with E-state index in [2.05, 4.69) is 6.92 Å². The average Bonchev–Trinajstić information content (AvgIpc) is 2.64. The lowest BCUT2D eigenvalue weighted by molar-refractivity contribution is 1.64. The SMILES string of the molecule is Cc1cc(=S)ss1.S=c1ccss1. The van der Waals surface area contributed by atoms with Crippen LogP contribution in [0.3, 0.4) is 0 Å². The van der Waals surface area contributed by atoms with E-state index in [1.165, 1.54) is 4.88 Å². The highest BCUT2D eigenvalue weighted by Gasteiger charge is 1.82. The van der Waals surface area contributed by atoms with Crippen LogP contribution in [-0.4, -0.2) is 0 Å². The first kappa shape index (κ1) is 11.6. The van der Waals surface area contributed by atoms with Crippen LogP contribution in [0.15, 0.2) is 17.5 Å². The fourth-order valence-electron chi connectivity index (χ4n) is 0.507. The summed E-state index contributed by atoms with van der Waals surface area (Å²) in [5.74, 6) is 0. The number of aryl methyl sites for hydroxylation is 1. The molecule has 0 atom stereocenters. The molecule has 0 radical (unpaired) electrons. The molecule has 0 aliphatic heterocycles. The summed E-state index contributed by atoms with van der Waals surface area (Å²) in [5.41, 5.74) is 0. The smallest absolute Gasteiger partial charge is 0.0872 e. The summed E-state index contributed by atoms with van der Waals surface area (Å²) in [6.07, 6.45) is 0. The minimum absolute atomic E-state index is 0.986. The van der Waals surface area contributed by atoms with Crippen LogP contribution >= 0.6 is 65.8 Å². The Balaban J connectivity index is 0.000000132. The lowest BCUT2D eigenvalue weighted by Crippen LogP contribution is -1.45. The zero-order chi connectivity index (χ0) is 9.68. The molecule has 2 rings (SSSR count). The molecule has 0 aliphatic rings. The fourth-order valence-corrected chi connectivity index (χ4v) is 4.52. The molecule has 0 bridgehead atoms. The molecule has 0 fully saturated rings. The van der Waals surface area contributed by atoms with Gasteiger partial charge < -0.3 is 0 Å². The largest absolute Gasteiger partial charge is 0.102 e. The molecule has 0 saturated carbocycles. The molecule has 0 spiro atoms. The molecule has 6 heteroatoms. The van der Waals surface area contributed by atoms with E-state index in [4.69, 9.17) is 24.4 Å². The van der Waals surface area contributed by atoms with Crippen molar-refractivity contribution in [2.24, 2.45) is 0 Å². The molecule has 0 saturated heterocycles. The molecular formula is C7H6S6. The minimum Gasteiger partial charge on any atom is -0.0872 e. The molecule has 13 heavy (non-hydrogen) atoms.